The van der Waals surface area contributed by atoms with E-state index < -0.39 is 41.2 Å². The smallest absolute Gasteiger partial charge is 0.417 e. The number of rotatable bonds is 4. The quantitative estimate of drug-likeness (QED) is 0.632. The lowest BCUT2D eigenvalue weighted by Crippen LogP contribution is -2.16. The zero-order valence-electron chi connectivity index (χ0n) is 10.5. The highest BCUT2D eigenvalue weighted by Crippen LogP contribution is 2.38. The highest BCUT2D eigenvalue weighted by molar-refractivity contribution is 5.93. The van der Waals surface area contributed by atoms with E-state index in [4.69, 9.17) is 5.26 Å². The van der Waals surface area contributed by atoms with Gasteiger partial charge in [-0.25, -0.2) is 4.79 Å². The van der Waals surface area contributed by atoms with Crippen LogP contribution in [0.5, 0.6) is 5.75 Å². The van der Waals surface area contributed by atoms with Crippen molar-refractivity contribution in [1.82, 2.24) is 0 Å². The first-order chi connectivity index (χ1) is 9.72. The molecule has 0 heterocycles. The summed E-state index contributed by atoms with van der Waals surface area (Å²) in [6.45, 7) is -2.22. The van der Waals surface area contributed by atoms with E-state index >= 15 is 0 Å². The summed E-state index contributed by atoms with van der Waals surface area (Å²) in [5, 5.41) is 8.78. The maximum absolute atomic E-state index is 12.7. The van der Waals surface area contributed by atoms with E-state index in [1.54, 1.807) is 0 Å². The second-order valence-electron chi connectivity index (χ2n) is 3.57. The Morgan fingerprint density at radius 3 is 2.43 bits per heavy atom. The molecule has 4 nitrogen and oxygen atoms in total. The van der Waals surface area contributed by atoms with E-state index in [1.807, 2.05) is 0 Å². The van der Waals surface area contributed by atoms with E-state index in [1.165, 1.54) is 6.92 Å². The third-order valence-electron chi connectivity index (χ3n) is 2.28. The molecule has 0 saturated heterocycles. The summed E-state index contributed by atoms with van der Waals surface area (Å²) >= 11 is 0. The van der Waals surface area contributed by atoms with Crippen LogP contribution in [-0.4, -0.2) is 19.2 Å². The minimum Gasteiger partial charge on any atom is -0.462 e. The molecule has 1 aromatic carbocycles. The molecule has 1 rings (SSSR count). The van der Waals surface area contributed by atoms with Crippen molar-refractivity contribution in [3.63, 3.8) is 0 Å². The molecule has 0 bridgehead atoms. The van der Waals surface area contributed by atoms with Crippen molar-refractivity contribution in [2.45, 2.75) is 19.7 Å². The molecule has 0 fully saturated rings. The Balaban J connectivity index is 3.55. The lowest BCUT2D eigenvalue weighted by Gasteiger charge is -2.15. The fourth-order valence-electron chi connectivity index (χ4n) is 1.51. The number of halogens is 5. The molecule has 0 N–H and O–H groups in total. The zero-order valence-corrected chi connectivity index (χ0v) is 10.5. The van der Waals surface area contributed by atoms with Gasteiger partial charge in [0.2, 0.25) is 0 Å². The van der Waals surface area contributed by atoms with Gasteiger partial charge in [-0.3, -0.25) is 0 Å². The predicted octanol–water partition coefficient (Wildman–Crippen LogP) is 3.36. The van der Waals surface area contributed by atoms with Crippen molar-refractivity contribution in [1.29, 1.82) is 5.26 Å². The fourth-order valence-corrected chi connectivity index (χ4v) is 1.51. The fraction of sp³-hybridized carbons (Fsp3) is 0.333. The molecule has 114 valence electrons. The van der Waals surface area contributed by atoms with Crippen LogP contribution in [0, 0.1) is 11.3 Å². The second-order valence-corrected chi connectivity index (χ2v) is 3.57. The van der Waals surface area contributed by atoms with Crippen molar-refractivity contribution >= 4 is 5.97 Å². The van der Waals surface area contributed by atoms with E-state index in [-0.39, 0.29) is 6.61 Å². The first-order valence-electron chi connectivity index (χ1n) is 5.48. The second kappa shape index (κ2) is 6.39. The molecule has 0 aromatic heterocycles. The van der Waals surface area contributed by atoms with Gasteiger partial charge < -0.3 is 9.47 Å². The Hall–Kier alpha value is -2.37. The van der Waals surface area contributed by atoms with Gasteiger partial charge in [0.25, 0.3) is 0 Å². The van der Waals surface area contributed by atoms with Crippen molar-refractivity contribution in [2.24, 2.45) is 0 Å². The highest BCUT2D eigenvalue weighted by Gasteiger charge is 2.37. The van der Waals surface area contributed by atoms with Crippen LogP contribution in [0.4, 0.5) is 22.0 Å². The predicted molar refractivity (Wildman–Crippen MR) is 58.7 cm³/mol. The van der Waals surface area contributed by atoms with Gasteiger partial charge in [-0.05, 0) is 19.1 Å². The maximum Gasteiger partial charge on any atom is 0.417 e. The molecular weight excluding hydrogens is 301 g/mol. The lowest BCUT2D eigenvalue weighted by molar-refractivity contribution is -0.138. The Morgan fingerprint density at radius 2 is 2.00 bits per heavy atom. The normalized spacial score (nSPS) is 11.1. The van der Waals surface area contributed by atoms with E-state index in [0.29, 0.717) is 12.1 Å². The van der Waals surface area contributed by atoms with Crippen LogP contribution < -0.4 is 4.74 Å². The number of esters is 1. The summed E-state index contributed by atoms with van der Waals surface area (Å²) in [5.41, 5.74) is -3.36. The van der Waals surface area contributed by atoms with Crippen LogP contribution in [0.25, 0.3) is 0 Å². The van der Waals surface area contributed by atoms with Gasteiger partial charge in [-0.2, -0.15) is 27.2 Å². The van der Waals surface area contributed by atoms with Gasteiger partial charge in [0.05, 0.1) is 12.2 Å². The zero-order chi connectivity index (χ0) is 16.2. The van der Waals surface area contributed by atoms with Gasteiger partial charge in [0, 0.05) is 0 Å². The molecular formula is C12H8F5NO3. The molecule has 0 aliphatic carbocycles. The lowest BCUT2D eigenvalue weighted by atomic mass is 10.0. The highest BCUT2D eigenvalue weighted by atomic mass is 19.4. The molecule has 0 aliphatic rings. The Bertz CT molecular complexity index is 577. The van der Waals surface area contributed by atoms with Crippen LogP contribution in [0.2, 0.25) is 0 Å². The largest absolute Gasteiger partial charge is 0.462 e. The third-order valence-corrected chi connectivity index (χ3v) is 2.28. The monoisotopic (exact) mass is 309 g/mol. The number of benzene rings is 1. The number of alkyl halides is 5. The topological polar surface area (TPSA) is 59.3 Å². The Labute approximate surface area is 115 Å². The van der Waals surface area contributed by atoms with E-state index in [0.717, 1.165) is 6.07 Å². The van der Waals surface area contributed by atoms with Crippen LogP contribution >= 0.6 is 0 Å². The van der Waals surface area contributed by atoms with Crippen molar-refractivity contribution < 1.29 is 36.2 Å². The number of hydrogen-bond donors (Lipinski definition) is 0. The molecule has 21 heavy (non-hydrogen) atoms. The maximum atomic E-state index is 12.7. The summed E-state index contributed by atoms with van der Waals surface area (Å²) in [4.78, 5) is 11.5. The minimum absolute atomic E-state index is 0.129. The van der Waals surface area contributed by atoms with Crippen LogP contribution in [0.1, 0.15) is 28.4 Å². The molecule has 0 unspecified atom stereocenters. The molecule has 1 aromatic rings. The molecule has 0 atom stereocenters. The van der Waals surface area contributed by atoms with E-state index in [2.05, 4.69) is 9.47 Å². The summed E-state index contributed by atoms with van der Waals surface area (Å²) in [7, 11) is 0. The number of carbonyl (C=O) groups excluding carboxylic acids is 1. The molecule has 0 amide bonds. The van der Waals surface area contributed by atoms with Gasteiger partial charge in [0.1, 0.15) is 17.2 Å². The average Bonchev–Trinajstić information content (AvgIpc) is 2.36. The number of hydrogen-bond acceptors (Lipinski definition) is 4. The van der Waals surface area contributed by atoms with E-state index in [9.17, 15) is 26.7 Å². The molecule has 0 radical (unpaired) electrons. The van der Waals surface area contributed by atoms with Crippen molar-refractivity contribution in [2.75, 3.05) is 6.61 Å². The Kier molecular flexibility index (Phi) is 5.07. The number of carbonyl (C=O) groups is 1. The van der Waals surface area contributed by atoms with Gasteiger partial charge in [-0.15, -0.1) is 0 Å². The van der Waals surface area contributed by atoms with Crippen LogP contribution in [0.15, 0.2) is 12.1 Å². The summed E-state index contributed by atoms with van der Waals surface area (Å²) in [6.07, 6.45) is -4.96. The number of nitriles is 1. The molecule has 0 spiro atoms. The first-order valence-corrected chi connectivity index (χ1v) is 5.48. The first kappa shape index (κ1) is 16.7. The third kappa shape index (κ3) is 3.81. The summed E-state index contributed by atoms with van der Waals surface area (Å²) in [6, 6.07) is 2.19. The number of nitrogens with zero attached hydrogens (tertiary/aromatic N) is 1. The SMILES string of the molecule is CCOC(=O)c1ccc(C(F)(F)F)c(C#N)c1OC(F)F. The van der Waals surface area contributed by atoms with Crippen molar-refractivity contribution in [3.8, 4) is 11.8 Å². The molecule has 0 aliphatic heterocycles. The van der Waals surface area contributed by atoms with Crippen molar-refractivity contribution in [3.05, 3.63) is 28.8 Å². The summed E-state index contributed by atoms with van der Waals surface area (Å²) in [5.74, 6) is -2.32. The average molecular weight is 309 g/mol. The molecule has 0 saturated carbocycles. The standard InChI is InChI=1S/C12H8F5NO3/c1-2-20-10(19)6-3-4-8(12(15,16)17)7(5-18)9(6)21-11(13)14/h3-4,11H,2H2,1H3. The van der Waals surface area contributed by atoms with Gasteiger partial charge >= 0.3 is 18.8 Å². The summed E-state index contributed by atoms with van der Waals surface area (Å²) < 4.78 is 71.3. The van der Waals surface area contributed by atoms with Gasteiger partial charge in [0.15, 0.2) is 5.75 Å². The van der Waals surface area contributed by atoms with Crippen LogP contribution in [0.3, 0.4) is 0 Å². The minimum atomic E-state index is -4.96. The van der Waals surface area contributed by atoms with Gasteiger partial charge in [-0.1, -0.05) is 0 Å². The molecule has 9 heteroatoms. The number of ether oxygens (including phenoxy) is 2. The van der Waals surface area contributed by atoms with Crippen LogP contribution in [-0.2, 0) is 10.9 Å². The Morgan fingerprint density at radius 1 is 1.38 bits per heavy atom.